The van der Waals surface area contributed by atoms with Crippen molar-refractivity contribution in [3.8, 4) is 0 Å². The summed E-state index contributed by atoms with van der Waals surface area (Å²) >= 11 is 0. The molecule has 0 aromatic heterocycles. The summed E-state index contributed by atoms with van der Waals surface area (Å²) in [5, 5.41) is 0. The molecule has 0 aliphatic heterocycles. The zero-order valence-electron chi connectivity index (χ0n) is 49.7. The maximum absolute atomic E-state index is 14.1. The SMILES string of the molecule is CCCCCCCCCC(=O)N(CC[N+](C)(C)CCN(C(=O)CCCCCCCCC)C(=O)CCCCCCCCC)CC[N+](C)(C)CCN(C(=O)CCCCCCCCC)C(=O)CCCCCCCCC. The Bertz CT molecular complexity index is 1190. The summed E-state index contributed by atoms with van der Waals surface area (Å²) in [5.74, 6) is 0.0820. The van der Waals surface area contributed by atoms with Gasteiger partial charge in [-0.3, -0.25) is 33.8 Å². The van der Waals surface area contributed by atoms with Gasteiger partial charge in [0.25, 0.3) is 0 Å². The molecule has 0 radical (unpaired) electrons. The molecule has 0 rings (SSSR count). The predicted octanol–water partition coefficient (Wildman–Crippen LogP) is 15.4. The lowest BCUT2D eigenvalue weighted by Crippen LogP contribution is -2.54. The first-order valence-electron chi connectivity index (χ1n) is 31.3. The third-order valence-electron chi connectivity index (χ3n) is 15.3. The summed E-state index contributed by atoms with van der Waals surface area (Å²) in [6.45, 7) is 15.9. The molecule has 0 heterocycles. The highest BCUT2D eigenvalue weighted by atomic mass is 16.2. The van der Waals surface area contributed by atoms with Gasteiger partial charge in [0.05, 0.1) is 80.5 Å². The third kappa shape index (κ3) is 40.0. The van der Waals surface area contributed by atoms with Crippen LogP contribution in [0.3, 0.4) is 0 Å². The number of hydrogen-bond acceptors (Lipinski definition) is 5. The minimum atomic E-state index is -0.0272. The Labute approximate surface area is 447 Å². The number of quaternary nitrogens is 2. The normalized spacial score (nSPS) is 11.8. The van der Waals surface area contributed by atoms with E-state index in [-0.39, 0.29) is 29.5 Å². The highest BCUT2D eigenvalue weighted by Gasteiger charge is 2.29. The van der Waals surface area contributed by atoms with Gasteiger partial charge in [0.1, 0.15) is 0 Å². The number of nitrogens with zero attached hydrogens (tertiary/aromatic N) is 5. The van der Waals surface area contributed by atoms with Crippen LogP contribution in [-0.4, -0.2) is 134 Å². The van der Waals surface area contributed by atoms with Gasteiger partial charge in [-0.05, 0) is 32.1 Å². The van der Waals surface area contributed by atoms with Crippen LogP contribution >= 0.6 is 0 Å². The van der Waals surface area contributed by atoms with Crippen LogP contribution in [0.25, 0.3) is 0 Å². The van der Waals surface area contributed by atoms with Gasteiger partial charge in [0, 0.05) is 32.1 Å². The van der Waals surface area contributed by atoms with E-state index in [1.54, 1.807) is 9.80 Å². The van der Waals surface area contributed by atoms with E-state index < -0.39 is 0 Å². The van der Waals surface area contributed by atoms with E-state index in [1.165, 1.54) is 135 Å². The molecule has 10 nitrogen and oxygen atoms in total. The Kier molecular flexibility index (Phi) is 45.6. The number of rotatable bonds is 52. The molecule has 424 valence electrons. The van der Waals surface area contributed by atoms with E-state index in [2.05, 4.69) is 67.7 Å². The Balaban J connectivity index is 5.94. The van der Waals surface area contributed by atoms with Gasteiger partial charge in [-0.2, -0.15) is 0 Å². The Morgan fingerprint density at radius 1 is 0.250 bits per heavy atom. The van der Waals surface area contributed by atoms with E-state index in [1.807, 2.05) is 0 Å². The van der Waals surface area contributed by atoms with Crippen LogP contribution in [0.15, 0.2) is 0 Å². The fourth-order valence-corrected chi connectivity index (χ4v) is 9.75. The summed E-state index contributed by atoms with van der Waals surface area (Å²) in [7, 11) is 8.67. The number of carbonyl (C=O) groups is 5. The molecule has 0 bridgehead atoms. The molecule has 0 saturated carbocycles. The number of imide groups is 2. The van der Waals surface area contributed by atoms with Crippen molar-refractivity contribution < 1.29 is 32.9 Å². The van der Waals surface area contributed by atoms with E-state index in [4.69, 9.17) is 0 Å². The second-order valence-corrected chi connectivity index (χ2v) is 23.4. The van der Waals surface area contributed by atoms with Crippen molar-refractivity contribution in [3.05, 3.63) is 0 Å². The summed E-state index contributed by atoms with van der Waals surface area (Å²) in [6.07, 6.45) is 42.2. The Morgan fingerprint density at radius 2 is 0.431 bits per heavy atom. The van der Waals surface area contributed by atoms with Crippen LogP contribution in [0, 0.1) is 0 Å². The largest absolute Gasteiger partial charge is 0.331 e. The molecule has 10 heteroatoms. The zero-order valence-corrected chi connectivity index (χ0v) is 49.7. The van der Waals surface area contributed by atoms with Crippen LogP contribution in [0.5, 0.6) is 0 Å². The number of hydrogen-bond donors (Lipinski definition) is 0. The smallest absolute Gasteiger partial charge is 0.229 e. The molecule has 72 heavy (non-hydrogen) atoms. The van der Waals surface area contributed by atoms with Crippen LogP contribution in [0.1, 0.15) is 291 Å². The Morgan fingerprint density at radius 3 is 0.653 bits per heavy atom. The maximum Gasteiger partial charge on any atom is 0.229 e. The van der Waals surface area contributed by atoms with E-state index in [0.717, 1.165) is 103 Å². The number of carbonyl (C=O) groups excluding carboxylic acids is 5. The molecule has 0 unspecified atom stereocenters. The first-order chi connectivity index (χ1) is 34.7. The van der Waals surface area contributed by atoms with Crippen molar-refractivity contribution >= 4 is 29.5 Å². The van der Waals surface area contributed by atoms with Gasteiger partial charge < -0.3 is 13.9 Å². The molecule has 0 aliphatic carbocycles. The van der Waals surface area contributed by atoms with Crippen LogP contribution in [0.4, 0.5) is 0 Å². The highest BCUT2D eigenvalue weighted by molar-refractivity contribution is 5.95. The number of unbranched alkanes of at least 4 members (excludes halogenated alkanes) is 30. The van der Waals surface area contributed by atoms with Crippen LogP contribution in [-0.2, 0) is 24.0 Å². The minimum absolute atomic E-state index is 0.0272. The highest BCUT2D eigenvalue weighted by Crippen LogP contribution is 2.17. The molecule has 0 aliphatic rings. The van der Waals surface area contributed by atoms with Gasteiger partial charge in [-0.1, -0.05) is 227 Å². The first kappa shape index (κ1) is 69.7. The summed E-state index contributed by atoms with van der Waals surface area (Å²) in [4.78, 5) is 74.3. The van der Waals surface area contributed by atoms with Crippen molar-refractivity contribution in [2.45, 2.75) is 291 Å². The molecule has 0 saturated heterocycles. The first-order valence-corrected chi connectivity index (χ1v) is 31.3. The van der Waals surface area contributed by atoms with Crippen molar-refractivity contribution in [1.29, 1.82) is 0 Å². The van der Waals surface area contributed by atoms with E-state index >= 15 is 0 Å². The molecular formula is C62H123N5O5+2. The number of amides is 5. The zero-order chi connectivity index (χ0) is 53.6. The topological polar surface area (TPSA) is 95.1 Å². The predicted molar refractivity (Wildman–Crippen MR) is 307 cm³/mol. The van der Waals surface area contributed by atoms with Crippen molar-refractivity contribution in [2.24, 2.45) is 0 Å². The minimum Gasteiger partial charge on any atom is -0.331 e. The van der Waals surface area contributed by atoms with Gasteiger partial charge >= 0.3 is 0 Å². The summed E-state index contributed by atoms with van der Waals surface area (Å²) in [6, 6.07) is 0. The second kappa shape index (κ2) is 47.1. The van der Waals surface area contributed by atoms with E-state index in [0.29, 0.717) is 80.3 Å². The summed E-state index contributed by atoms with van der Waals surface area (Å²) in [5.41, 5.74) is 0. The molecule has 0 spiro atoms. The lowest BCUT2D eigenvalue weighted by atomic mass is 10.1. The molecule has 5 amide bonds. The monoisotopic (exact) mass is 1020 g/mol. The fourth-order valence-electron chi connectivity index (χ4n) is 9.75. The molecule has 0 N–H and O–H groups in total. The fraction of sp³-hybridized carbons (Fsp3) is 0.919. The van der Waals surface area contributed by atoms with Gasteiger partial charge in [0.15, 0.2) is 0 Å². The Hall–Kier alpha value is -2.33. The van der Waals surface area contributed by atoms with Gasteiger partial charge in [0.2, 0.25) is 29.5 Å². The maximum atomic E-state index is 14.1. The lowest BCUT2D eigenvalue weighted by molar-refractivity contribution is -0.891. The lowest BCUT2D eigenvalue weighted by Gasteiger charge is -2.36. The van der Waals surface area contributed by atoms with Gasteiger partial charge in [-0.15, -0.1) is 0 Å². The van der Waals surface area contributed by atoms with Crippen LogP contribution in [0.2, 0.25) is 0 Å². The molecule has 0 atom stereocenters. The van der Waals surface area contributed by atoms with Crippen molar-refractivity contribution in [1.82, 2.24) is 14.7 Å². The molecule has 0 fully saturated rings. The number of likely N-dealkylation sites (N-methyl/N-ethyl adjacent to an activating group) is 2. The van der Waals surface area contributed by atoms with Crippen molar-refractivity contribution in [2.75, 3.05) is 80.5 Å². The quantitative estimate of drug-likeness (QED) is 0.0447. The standard InChI is InChI=1S/C62H123N5O5/c1-10-15-20-25-30-35-40-45-58(68)63(50-54-66(6,7)56-52-64(59(69)46-41-36-31-26-21-16-11-2)60(70)47-42-37-32-27-22-17-12-3)51-55-67(8,9)57-53-65(61(71)48-43-38-33-28-23-18-13-4)62(72)49-44-39-34-29-24-19-14-5/h10-57H2,1-9H3/q+2. The average Bonchev–Trinajstić information content (AvgIpc) is 3.34. The third-order valence-corrected chi connectivity index (χ3v) is 15.3. The molecule has 0 aromatic rings. The van der Waals surface area contributed by atoms with Crippen molar-refractivity contribution in [3.63, 3.8) is 0 Å². The average molecular weight is 1020 g/mol. The molecular weight excluding hydrogens is 895 g/mol. The van der Waals surface area contributed by atoms with Gasteiger partial charge in [-0.25, -0.2) is 0 Å². The summed E-state index contributed by atoms with van der Waals surface area (Å²) < 4.78 is 1.20. The van der Waals surface area contributed by atoms with E-state index in [9.17, 15) is 24.0 Å². The van der Waals surface area contributed by atoms with Crippen LogP contribution < -0.4 is 0 Å². The molecule has 0 aromatic carbocycles. The second-order valence-electron chi connectivity index (χ2n) is 23.4.